The standard InChI is InChI=1S/C12H28N2O3/c1-14(2)7-5-13-6-10-17-12-11-16-9-4-8-15-3/h13H,4-12H2,1-3H3. The van der Waals surface area contributed by atoms with E-state index in [1.165, 1.54) is 0 Å². The van der Waals surface area contributed by atoms with Crippen LogP contribution in [0.15, 0.2) is 0 Å². The molecule has 0 aromatic carbocycles. The molecule has 0 fully saturated rings. The molecule has 0 aliphatic heterocycles. The summed E-state index contributed by atoms with van der Waals surface area (Å²) in [7, 11) is 5.84. The van der Waals surface area contributed by atoms with Crippen LogP contribution in [-0.4, -0.2) is 78.8 Å². The summed E-state index contributed by atoms with van der Waals surface area (Å²) in [5.74, 6) is 0. The Hall–Kier alpha value is -0.200. The van der Waals surface area contributed by atoms with Crippen molar-refractivity contribution in [1.82, 2.24) is 10.2 Å². The molecule has 0 unspecified atom stereocenters. The largest absolute Gasteiger partial charge is 0.385 e. The molecule has 0 spiro atoms. The van der Waals surface area contributed by atoms with E-state index >= 15 is 0 Å². The number of ether oxygens (including phenoxy) is 3. The molecule has 0 saturated carbocycles. The van der Waals surface area contributed by atoms with Crippen molar-refractivity contribution in [2.75, 3.05) is 73.9 Å². The van der Waals surface area contributed by atoms with Gasteiger partial charge in [0.1, 0.15) is 0 Å². The fraction of sp³-hybridized carbons (Fsp3) is 1.00. The monoisotopic (exact) mass is 248 g/mol. The maximum atomic E-state index is 5.41. The van der Waals surface area contributed by atoms with Crippen molar-refractivity contribution in [2.24, 2.45) is 0 Å². The van der Waals surface area contributed by atoms with Crippen molar-refractivity contribution in [3.63, 3.8) is 0 Å². The second kappa shape index (κ2) is 13.9. The molecule has 104 valence electrons. The maximum absolute atomic E-state index is 5.41. The molecule has 1 N–H and O–H groups in total. The molecule has 0 bridgehead atoms. The first-order valence-corrected chi connectivity index (χ1v) is 6.27. The van der Waals surface area contributed by atoms with Gasteiger partial charge in [-0.1, -0.05) is 0 Å². The average molecular weight is 248 g/mol. The normalized spacial score (nSPS) is 11.3. The summed E-state index contributed by atoms with van der Waals surface area (Å²) in [4.78, 5) is 2.15. The zero-order chi connectivity index (χ0) is 12.8. The van der Waals surface area contributed by atoms with Crippen LogP contribution < -0.4 is 5.32 Å². The zero-order valence-corrected chi connectivity index (χ0v) is 11.5. The van der Waals surface area contributed by atoms with E-state index in [1.807, 2.05) is 0 Å². The van der Waals surface area contributed by atoms with Gasteiger partial charge in [-0.2, -0.15) is 0 Å². The van der Waals surface area contributed by atoms with Gasteiger partial charge in [0.2, 0.25) is 0 Å². The highest BCUT2D eigenvalue weighted by atomic mass is 16.5. The second-order valence-electron chi connectivity index (χ2n) is 4.12. The second-order valence-corrected chi connectivity index (χ2v) is 4.12. The van der Waals surface area contributed by atoms with Crippen molar-refractivity contribution >= 4 is 0 Å². The maximum Gasteiger partial charge on any atom is 0.0701 e. The number of likely N-dealkylation sites (N-methyl/N-ethyl adjacent to an activating group) is 1. The Morgan fingerprint density at radius 2 is 1.59 bits per heavy atom. The van der Waals surface area contributed by atoms with Crippen LogP contribution in [0.5, 0.6) is 0 Å². The molecule has 0 aromatic heterocycles. The van der Waals surface area contributed by atoms with Gasteiger partial charge in [-0.15, -0.1) is 0 Å². The molecular formula is C12H28N2O3. The molecule has 0 saturated heterocycles. The van der Waals surface area contributed by atoms with Crippen LogP contribution in [0.2, 0.25) is 0 Å². The zero-order valence-electron chi connectivity index (χ0n) is 11.5. The topological polar surface area (TPSA) is 43.0 Å². The lowest BCUT2D eigenvalue weighted by Gasteiger charge is -2.10. The fourth-order valence-electron chi connectivity index (χ4n) is 1.20. The van der Waals surface area contributed by atoms with Gasteiger partial charge < -0.3 is 24.4 Å². The lowest BCUT2D eigenvalue weighted by Crippen LogP contribution is -2.29. The number of hydrogen-bond donors (Lipinski definition) is 1. The molecule has 5 nitrogen and oxygen atoms in total. The molecule has 0 rings (SSSR count). The smallest absolute Gasteiger partial charge is 0.0701 e. The molecule has 17 heavy (non-hydrogen) atoms. The Morgan fingerprint density at radius 1 is 0.882 bits per heavy atom. The highest BCUT2D eigenvalue weighted by Crippen LogP contribution is 1.84. The molecule has 0 amide bonds. The fourth-order valence-corrected chi connectivity index (χ4v) is 1.20. The number of rotatable bonds is 13. The highest BCUT2D eigenvalue weighted by molar-refractivity contribution is 4.49. The molecule has 0 radical (unpaired) electrons. The molecular weight excluding hydrogens is 220 g/mol. The van der Waals surface area contributed by atoms with E-state index < -0.39 is 0 Å². The van der Waals surface area contributed by atoms with Gasteiger partial charge in [0.25, 0.3) is 0 Å². The molecule has 0 aliphatic carbocycles. The van der Waals surface area contributed by atoms with E-state index in [4.69, 9.17) is 14.2 Å². The number of methoxy groups -OCH3 is 1. The quantitative estimate of drug-likeness (QED) is 0.472. The molecule has 5 heteroatoms. The van der Waals surface area contributed by atoms with Crippen LogP contribution in [0, 0.1) is 0 Å². The van der Waals surface area contributed by atoms with Crippen molar-refractivity contribution in [3.8, 4) is 0 Å². The van der Waals surface area contributed by atoms with E-state index in [2.05, 4.69) is 24.3 Å². The Balaban J connectivity index is 2.89. The van der Waals surface area contributed by atoms with Crippen LogP contribution in [0.1, 0.15) is 6.42 Å². The number of nitrogens with zero attached hydrogens (tertiary/aromatic N) is 1. The summed E-state index contributed by atoms with van der Waals surface area (Å²) >= 11 is 0. The summed E-state index contributed by atoms with van der Waals surface area (Å²) in [6.45, 7) is 6.55. The first kappa shape index (κ1) is 16.8. The Bertz CT molecular complexity index is 146. The lowest BCUT2D eigenvalue weighted by atomic mass is 10.5. The first-order chi connectivity index (χ1) is 8.27. The Labute approximate surface area is 105 Å². The van der Waals surface area contributed by atoms with Crippen LogP contribution in [0.4, 0.5) is 0 Å². The Kier molecular flexibility index (Phi) is 13.7. The number of nitrogens with one attached hydrogen (secondary N) is 1. The van der Waals surface area contributed by atoms with E-state index in [9.17, 15) is 0 Å². The summed E-state index contributed by atoms with van der Waals surface area (Å²) in [5.41, 5.74) is 0. The van der Waals surface area contributed by atoms with E-state index in [-0.39, 0.29) is 0 Å². The van der Waals surface area contributed by atoms with Crippen molar-refractivity contribution in [1.29, 1.82) is 0 Å². The van der Waals surface area contributed by atoms with Gasteiger partial charge in [-0.05, 0) is 20.5 Å². The SMILES string of the molecule is COCCCOCCOCCNCCN(C)C. The minimum absolute atomic E-state index is 0.668. The summed E-state index contributed by atoms with van der Waals surface area (Å²) < 4.78 is 15.7. The van der Waals surface area contributed by atoms with Gasteiger partial charge >= 0.3 is 0 Å². The van der Waals surface area contributed by atoms with Crippen LogP contribution in [0.3, 0.4) is 0 Å². The lowest BCUT2D eigenvalue weighted by molar-refractivity contribution is 0.0408. The third-order valence-electron chi connectivity index (χ3n) is 2.17. The van der Waals surface area contributed by atoms with Crippen molar-refractivity contribution < 1.29 is 14.2 Å². The van der Waals surface area contributed by atoms with Gasteiger partial charge in [-0.3, -0.25) is 0 Å². The minimum Gasteiger partial charge on any atom is -0.385 e. The van der Waals surface area contributed by atoms with Gasteiger partial charge in [0.05, 0.1) is 19.8 Å². The van der Waals surface area contributed by atoms with Gasteiger partial charge in [0.15, 0.2) is 0 Å². The summed E-state index contributed by atoms with van der Waals surface area (Å²) in [6.07, 6.45) is 0.947. The first-order valence-electron chi connectivity index (χ1n) is 6.27. The van der Waals surface area contributed by atoms with Gasteiger partial charge in [0, 0.05) is 40.0 Å². The predicted molar refractivity (Wildman–Crippen MR) is 69.6 cm³/mol. The summed E-state index contributed by atoms with van der Waals surface area (Å²) in [6, 6.07) is 0. The average Bonchev–Trinajstić information content (AvgIpc) is 2.30. The Morgan fingerprint density at radius 3 is 2.24 bits per heavy atom. The minimum atomic E-state index is 0.668. The third kappa shape index (κ3) is 15.8. The van der Waals surface area contributed by atoms with Crippen LogP contribution in [-0.2, 0) is 14.2 Å². The molecule has 0 heterocycles. The molecule has 0 atom stereocenters. The predicted octanol–water partition coefficient (Wildman–Crippen LogP) is 0.207. The summed E-state index contributed by atoms with van der Waals surface area (Å²) in [5, 5.41) is 3.31. The van der Waals surface area contributed by atoms with E-state index in [1.54, 1.807) is 7.11 Å². The van der Waals surface area contributed by atoms with E-state index in [0.717, 1.165) is 45.9 Å². The highest BCUT2D eigenvalue weighted by Gasteiger charge is 1.92. The van der Waals surface area contributed by atoms with Crippen molar-refractivity contribution in [2.45, 2.75) is 6.42 Å². The third-order valence-corrected chi connectivity index (χ3v) is 2.17. The van der Waals surface area contributed by atoms with Crippen LogP contribution in [0.25, 0.3) is 0 Å². The van der Waals surface area contributed by atoms with Crippen molar-refractivity contribution in [3.05, 3.63) is 0 Å². The van der Waals surface area contributed by atoms with E-state index in [0.29, 0.717) is 13.2 Å². The molecule has 0 aliphatic rings. The van der Waals surface area contributed by atoms with Crippen LogP contribution >= 0.6 is 0 Å². The van der Waals surface area contributed by atoms with Gasteiger partial charge in [-0.25, -0.2) is 0 Å². The number of hydrogen-bond acceptors (Lipinski definition) is 5. The molecule has 0 aromatic rings.